The van der Waals surface area contributed by atoms with Crippen LogP contribution in [0, 0.1) is 22.7 Å². The van der Waals surface area contributed by atoms with Gasteiger partial charge in [-0.15, -0.1) is 0 Å². The number of carbonyl (C=O) groups excluding carboxylic acids is 4. The van der Waals surface area contributed by atoms with Crippen LogP contribution in [0.5, 0.6) is 0 Å². The highest BCUT2D eigenvalue weighted by atomic mass is 16.6. The molecule has 0 aromatic heterocycles. The topological polar surface area (TPSA) is 125 Å². The molecule has 0 aliphatic heterocycles. The van der Waals surface area contributed by atoms with Crippen LogP contribution >= 0.6 is 0 Å². The number of carbonyl (C=O) groups is 4. The fraction of sp³-hybridized carbons (Fsp3) is 0.543. The van der Waals surface area contributed by atoms with E-state index in [4.69, 9.17) is 18.9 Å². The van der Waals surface area contributed by atoms with E-state index in [1.165, 1.54) is 26.8 Å². The third-order valence-corrected chi connectivity index (χ3v) is 9.94. The summed E-state index contributed by atoms with van der Waals surface area (Å²) < 4.78 is 23.9. The van der Waals surface area contributed by atoms with Gasteiger partial charge < -0.3 is 24.1 Å². The number of benzene rings is 1. The Kier molecular flexibility index (Phi) is 9.59. The number of rotatable bonds is 6. The van der Waals surface area contributed by atoms with Crippen LogP contribution in [-0.2, 0) is 38.1 Å². The monoisotopic (exact) mass is 608 g/mol. The predicted molar refractivity (Wildman–Crippen MR) is 163 cm³/mol. The molecule has 0 spiro atoms. The van der Waals surface area contributed by atoms with Gasteiger partial charge in [-0.05, 0) is 65.4 Å². The minimum absolute atomic E-state index is 0.0651. The Balaban J connectivity index is 1.85. The molecule has 9 heteroatoms. The second kappa shape index (κ2) is 12.7. The molecule has 0 amide bonds. The van der Waals surface area contributed by atoms with Crippen LogP contribution in [0.1, 0.15) is 73.3 Å². The molecule has 238 valence electrons. The number of esters is 4. The van der Waals surface area contributed by atoms with E-state index < -0.39 is 71.1 Å². The highest BCUT2D eigenvalue weighted by molar-refractivity contribution is 5.87. The molecule has 1 aromatic carbocycles. The molecule has 5 unspecified atom stereocenters. The van der Waals surface area contributed by atoms with Crippen molar-refractivity contribution in [2.75, 3.05) is 0 Å². The van der Waals surface area contributed by atoms with Crippen molar-refractivity contribution < 1.29 is 43.2 Å². The van der Waals surface area contributed by atoms with Gasteiger partial charge in [0.05, 0.1) is 11.5 Å². The number of aliphatic hydroxyl groups is 1. The normalized spacial score (nSPS) is 33.0. The Bertz CT molecular complexity index is 1370. The van der Waals surface area contributed by atoms with Crippen LogP contribution < -0.4 is 0 Å². The van der Waals surface area contributed by atoms with Crippen molar-refractivity contribution in [3.8, 4) is 0 Å². The summed E-state index contributed by atoms with van der Waals surface area (Å²) in [6.07, 6.45) is -0.743. The number of aliphatic hydroxyl groups excluding tert-OH is 1. The molecular formula is C35H44O9. The Morgan fingerprint density at radius 3 is 2.09 bits per heavy atom. The summed E-state index contributed by atoms with van der Waals surface area (Å²) in [4.78, 5) is 50.9. The summed E-state index contributed by atoms with van der Waals surface area (Å²) in [7, 11) is 0. The molecule has 2 bridgehead atoms. The second-order valence-corrected chi connectivity index (χ2v) is 13.1. The van der Waals surface area contributed by atoms with Crippen molar-refractivity contribution in [3.63, 3.8) is 0 Å². The smallest absolute Gasteiger partial charge is 0.331 e. The number of fused-ring (bicyclic) bond motifs is 3. The van der Waals surface area contributed by atoms with Crippen molar-refractivity contribution in [2.24, 2.45) is 22.7 Å². The van der Waals surface area contributed by atoms with Gasteiger partial charge in [0.1, 0.15) is 12.2 Å². The fourth-order valence-electron chi connectivity index (χ4n) is 7.70. The lowest BCUT2D eigenvalue weighted by Gasteiger charge is -2.59. The number of ether oxygens (including phenoxy) is 4. The van der Waals surface area contributed by atoms with Crippen LogP contribution in [0.4, 0.5) is 0 Å². The molecule has 1 N–H and O–H groups in total. The zero-order valence-electron chi connectivity index (χ0n) is 26.6. The van der Waals surface area contributed by atoms with E-state index in [1.807, 2.05) is 58.0 Å². The molecule has 0 radical (unpaired) electrons. The van der Waals surface area contributed by atoms with E-state index in [0.717, 1.165) is 5.56 Å². The molecule has 0 saturated heterocycles. The van der Waals surface area contributed by atoms with E-state index >= 15 is 0 Å². The first-order valence-corrected chi connectivity index (χ1v) is 15.1. The zero-order chi connectivity index (χ0) is 32.6. The van der Waals surface area contributed by atoms with E-state index in [-0.39, 0.29) is 12.3 Å². The standard InChI is InChI=1S/C35H44O9/c1-19-26-16-25-17-27(39)20(2)31(34(25,6)7)32(42-22(4)37)33(43-23(5)38)35(26,8)29(41-21(3)36)18-28(19)44-30(40)15-14-24-12-10-9-11-13-24/h9-15,25-29,32-33,39H,1,16-18H2,2-8H3/b15-14+/t25-,26-,27?,28?,29?,32?,33?,35+/m1/s1. The maximum Gasteiger partial charge on any atom is 0.331 e. The lowest BCUT2D eigenvalue weighted by atomic mass is 9.49. The fourth-order valence-corrected chi connectivity index (χ4v) is 7.70. The van der Waals surface area contributed by atoms with E-state index in [1.54, 1.807) is 6.08 Å². The molecule has 3 aliphatic carbocycles. The zero-order valence-corrected chi connectivity index (χ0v) is 26.6. The first-order valence-electron chi connectivity index (χ1n) is 15.1. The van der Waals surface area contributed by atoms with Crippen LogP contribution in [0.2, 0.25) is 0 Å². The molecule has 2 saturated carbocycles. The second-order valence-electron chi connectivity index (χ2n) is 13.1. The Morgan fingerprint density at radius 2 is 1.50 bits per heavy atom. The van der Waals surface area contributed by atoms with Gasteiger partial charge in [0, 0.05) is 33.3 Å². The van der Waals surface area contributed by atoms with Crippen LogP contribution in [-0.4, -0.2) is 59.5 Å². The van der Waals surface area contributed by atoms with Crippen molar-refractivity contribution in [3.05, 3.63) is 65.3 Å². The van der Waals surface area contributed by atoms with Gasteiger partial charge >= 0.3 is 23.9 Å². The van der Waals surface area contributed by atoms with Crippen LogP contribution in [0.15, 0.2) is 59.7 Å². The lowest BCUT2D eigenvalue weighted by molar-refractivity contribution is -0.212. The predicted octanol–water partition coefficient (Wildman–Crippen LogP) is 5.12. The largest absolute Gasteiger partial charge is 0.462 e. The molecule has 2 fully saturated rings. The highest BCUT2D eigenvalue weighted by Crippen LogP contribution is 2.60. The quantitative estimate of drug-likeness (QED) is 0.203. The SMILES string of the molecule is C=C1C(OC(=O)/C=C/c2ccccc2)CC(OC(C)=O)[C@@]2(C)C(OC(C)=O)C(OC(C)=O)C3=C(C)C(O)C[C@@H](C[C@H]12)C3(C)C. The Hall–Kier alpha value is -3.72. The average molecular weight is 609 g/mol. The molecule has 9 nitrogen and oxygen atoms in total. The number of hydrogen-bond acceptors (Lipinski definition) is 9. The first kappa shape index (κ1) is 33.2. The third-order valence-electron chi connectivity index (χ3n) is 9.94. The number of hydrogen-bond donors (Lipinski definition) is 1. The van der Waals surface area contributed by atoms with Crippen LogP contribution in [0.25, 0.3) is 6.08 Å². The van der Waals surface area contributed by atoms with Crippen molar-refractivity contribution in [1.29, 1.82) is 0 Å². The van der Waals surface area contributed by atoms with Gasteiger partial charge in [-0.3, -0.25) is 14.4 Å². The van der Waals surface area contributed by atoms with E-state index in [9.17, 15) is 24.3 Å². The molecule has 4 rings (SSSR count). The first-order chi connectivity index (χ1) is 20.6. The minimum Gasteiger partial charge on any atom is -0.462 e. The molecule has 8 atom stereocenters. The summed E-state index contributed by atoms with van der Waals surface area (Å²) >= 11 is 0. The molecular weight excluding hydrogens is 564 g/mol. The molecule has 1 aromatic rings. The van der Waals surface area contributed by atoms with Gasteiger partial charge in [0.15, 0.2) is 12.2 Å². The summed E-state index contributed by atoms with van der Waals surface area (Å²) in [5.41, 5.74) is 1.04. The van der Waals surface area contributed by atoms with Crippen molar-refractivity contribution in [2.45, 2.75) is 98.2 Å². The minimum atomic E-state index is -1.14. The Labute approximate surface area is 259 Å². The Morgan fingerprint density at radius 1 is 0.886 bits per heavy atom. The van der Waals surface area contributed by atoms with E-state index in [2.05, 4.69) is 6.58 Å². The highest BCUT2D eigenvalue weighted by Gasteiger charge is 2.64. The molecule has 3 aliphatic rings. The van der Waals surface area contributed by atoms with E-state index in [0.29, 0.717) is 29.6 Å². The lowest BCUT2D eigenvalue weighted by Crippen LogP contribution is -2.64. The van der Waals surface area contributed by atoms with Gasteiger partial charge in [-0.1, -0.05) is 57.7 Å². The van der Waals surface area contributed by atoms with Crippen molar-refractivity contribution in [1.82, 2.24) is 0 Å². The molecule has 44 heavy (non-hydrogen) atoms. The van der Waals surface area contributed by atoms with Crippen LogP contribution in [0.3, 0.4) is 0 Å². The average Bonchev–Trinajstić information content (AvgIpc) is 2.93. The summed E-state index contributed by atoms with van der Waals surface area (Å²) in [6.45, 7) is 16.0. The van der Waals surface area contributed by atoms with Gasteiger partial charge in [-0.2, -0.15) is 0 Å². The summed E-state index contributed by atoms with van der Waals surface area (Å²) in [5, 5.41) is 11.2. The van der Waals surface area contributed by atoms with Gasteiger partial charge in [0.2, 0.25) is 0 Å². The third kappa shape index (κ3) is 6.39. The maximum absolute atomic E-state index is 13.0. The van der Waals surface area contributed by atoms with Gasteiger partial charge in [0.25, 0.3) is 0 Å². The molecule has 0 heterocycles. The van der Waals surface area contributed by atoms with Gasteiger partial charge in [-0.25, -0.2) is 4.79 Å². The maximum atomic E-state index is 13.0. The van der Waals surface area contributed by atoms with Crippen molar-refractivity contribution >= 4 is 30.0 Å². The summed E-state index contributed by atoms with van der Waals surface area (Å²) in [5.74, 6) is -2.98. The summed E-state index contributed by atoms with van der Waals surface area (Å²) in [6, 6.07) is 9.33.